The Kier molecular flexibility index (Phi) is 1.40. The predicted octanol–water partition coefficient (Wildman–Crippen LogP) is 0.915. The maximum absolute atomic E-state index is 5.48. The van der Waals surface area contributed by atoms with E-state index >= 15 is 0 Å². The van der Waals surface area contributed by atoms with Crippen LogP contribution in [0.5, 0.6) is 0 Å². The largest absolute Gasteiger partial charge is 0.384 e. The normalized spacial score (nSPS) is 10.4. The highest BCUT2D eigenvalue weighted by Gasteiger charge is 1.96. The van der Waals surface area contributed by atoms with Crippen molar-refractivity contribution in [3.63, 3.8) is 0 Å². The van der Waals surface area contributed by atoms with Crippen LogP contribution < -0.4 is 5.73 Å². The molecule has 0 aliphatic heterocycles. The second-order valence-corrected chi connectivity index (χ2v) is 2.61. The van der Waals surface area contributed by atoms with Crippen molar-refractivity contribution in [3.8, 4) is 0 Å². The van der Waals surface area contributed by atoms with Crippen LogP contribution in [0.3, 0.4) is 0 Å². The molecule has 0 aliphatic rings. The second-order valence-electron chi connectivity index (χ2n) is 2.61. The number of fused-ring (bicyclic) bond motifs is 1. The van der Waals surface area contributed by atoms with Gasteiger partial charge in [0.15, 0.2) is 0 Å². The van der Waals surface area contributed by atoms with Gasteiger partial charge >= 0.3 is 0 Å². The summed E-state index contributed by atoms with van der Waals surface area (Å²) in [7, 11) is 0. The standard InChI is InChI=1S/C8H8N4/c1-5-3-10-6-2-8(9)11-4-7(6)12-5/h2-4H,1H3,(H2,9,11). The van der Waals surface area contributed by atoms with Gasteiger partial charge in [-0.2, -0.15) is 0 Å². The maximum Gasteiger partial charge on any atom is 0.125 e. The number of nitrogens with zero attached hydrogens (tertiary/aromatic N) is 3. The van der Waals surface area contributed by atoms with E-state index in [9.17, 15) is 0 Å². The molecule has 2 N–H and O–H groups in total. The highest BCUT2D eigenvalue weighted by Crippen LogP contribution is 2.09. The minimum Gasteiger partial charge on any atom is -0.384 e. The van der Waals surface area contributed by atoms with Crippen LogP contribution >= 0.6 is 0 Å². The lowest BCUT2D eigenvalue weighted by atomic mass is 10.3. The topological polar surface area (TPSA) is 64.7 Å². The molecule has 2 heterocycles. The number of hydrogen-bond donors (Lipinski definition) is 1. The summed E-state index contributed by atoms with van der Waals surface area (Å²) in [4.78, 5) is 12.3. The van der Waals surface area contributed by atoms with E-state index in [2.05, 4.69) is 15.0 Å². The van der Waals surface area contributed by atoms with Crippen molar-refractivity contribution in [2.45, 2.75) is 6.92 Å². The molecule has 0 spiro atoms. The molecule has 4 heteroatoms. The van der Waals surface area contributed by atoms with Crippen molar-refractivity contribution in [1.29, 1.82) is 0 Å². The van der Waals surface area contributed by atoms with Gasteiger partial charge in [0.05, 0.1) is 17.4 Å². The Labute approximate surface area is 69.5 Å². The first-order chi connectivity index (χ1) is 5.75. The van der Waals surface area contributed by atoms with E-state index in [1.807, 2.05) is 6.92 Å². The summed E-state index contributed by atoms with van der Waals surface area (Å²) in [6.07, 6.45) is 3.34. The molecule has 0 aromatic carbocycles. The number of rotatable bonds is 0. The van der Waals surface area contributed by atoms with Gasteiger partial charge in [-0.05, 0) is 6.92 Å². The molecular weight excluding hydrogens is 152 g/mol. The van der Waals surface area contributed by atoms with Gasteiger partial charge in [0.2, 0.25) is 0 Å². The number of nitrogen functional groups attached to an aromatic ring is 1. The van der Waals surface area contributed by atoms with Crippen LogP contribution in [0.15, 0.2) is 18.5 Å². The van der Waals surface area contributed by atoms with E-state index in [0.717, 1.165) is 16.7 Å². The number of pyridine rings is 1. The Morgan fingerprint density at radius 2 is 2.00 bits per heavy atom. The third-order valence-electron chi connectivity index (χ3n) is 1.57. The van der Waals surface area contributed by atoms with Gasteiger partial charge < -0.3 is 5.73 Å². The average Bonchev–Trinajstić information content (AvgIpc) is 2.05. The Morgan fingerprint density at radius 3 is 2.83 bits per heavy atom. The molecular formula is C8H8N4. The lowest BCUT2D eigenvalue weighted by Gasteiger charge is -1.97. The zero-order valence-corrected chi connectivity index (χ0v) is 6.65. The van der Waals surface area contributed by atoms with Gasteiger partial charge in [-0.25, -0.2) is 9.97 Å². The first-order valence-electron chi connectivity index (χ1n) is 3.60. The van der Waals surface area contributed by atoms with Crippen molar-refractivity contribution >= 4 is 16.9 Å². The van der Waals surface area contributed by atoms with Crippen molar-refractivity contribution in [3.05, 3.63) is 24.2 Å². The molecule has 0 bridgehead atoms. The molecule has 60 valence electrons. The fourth-order valence-electron chi connectivity index (χ4n) is 1.02. The first-order valence-corrected chi connectivity index (χ1v) is 3.60. The Balaban J connectivity index is 2.79. The summed E-state index contributed by atoms with van der Waals surface area (Å²) in [6, 6.07) is 1.71. The summed E-state index contributed by atoms with van der Waals surface area (Å²) in [5, 5.41) is 0. The molecule has 12 heavy (non-hydrogen) atoms. The molecule has 0 atom stereocenters. The monoisotopic (exact) mass is 160 g/mol. The van der Waals surface area contributed by atoms with Gasteiger partial charge in [-0.3, -0.25) is 4.98 Å². The second kappa shape index (κ2) is 2.41. The highest BCUT2D eigenvalue weighted by molar-refractivity contribution is 5.75. The zero-order valence-electron chi connectivity index (χ0n) is 6.65. The molecule has 0 fully saturated rings. The Bertz CT molecular complexity index is 383. The van der Waals surface area contributed by atoms with Gasteiger partial charge in [-0.1, -0.05) is 0 Å². The van der Waals surface area contributed by atoms with E-state index in [4.69, 9.17) is 5.73 Å². The maximum atomic E-state index is 5.48. The summed E-state index contributed by atoms with van der Waals surface area (Å²) in [5.41, 5.74) is 7.93. The van der Waals surface area contributed by atoms with Crippen molar-refractivity contribution in [2.24, 2.45) is 0 Å². The molecule has 2 aromatic heterocycles. The van der Waals surface area contributed by atoms with Crippen molar-refractivity contribution in [2.75, 3.05) is 5.73 Å². The third-order valence-corrected chi connectivity index (χ3v) is 1.57. The van der Waals surface area contributed by atoms with Crippen LogP contribution in [0, 0.1) is 6.92 Å². The van der Waals surface area contributed by atoms with Crippen LogP contribution in [-0.4, -0.2) is 15.0 Å². The molecule has 4 nitrogen and oxygen atoms in total. The van der Waals surface area contributed by atoms with Gasteiger partial charge in [0.1, 0.15) is 11.3 Å². The van der Waals surface area contributed by atoms with Crippen LogP contribution in [0.2, 0.25) is 0 Å². The number of nitrogens with two attached hydrogens (primary N) is 1. The van der Waals surface area contributed by atoms with E-state index in [0.29, 0.717) is 5.82 Å². The summed E-state index contributed by atoms with van der Waals surface area (Å²) in [6.45, 7) is 1.89. The minimum atomic E-state index is 0.473. The smallest absolute Gasteiger partial charge is 0.125 e. The lowest BCUT2D eigenvalue weighted by molar-refractivity contribution is 1.17. The Morgan fingerprint density at radius 1 is 1.17 bits per heavy atom. The van der Waals surface area contributed by atoms with E-state index < -0.39 is 0 Å². The number of anilines is 1. The lowest BCUT2D eigenvalue weighted by Crippen LogP contribution is -1.92. The van der Waals surface area contributed by atoms with Crippen molar-refractivity contribution in [1.82, 2.24) is 15.0 Å². The van der Waals surface area contributed by atoms with Gasteiger partial charge in [-0.15, -0.1) is 0 Å². The SMILES string of the molecule is Cc1cnc2cc(N)ncc2n1. The third kappa shape index (κ3) is 1.07. The van der Waals surface area contributed by atoms with Crippen LogP contribution in [-0.2, 0) is 0 Å². The predicted molar refractivity (Wildman–Crippen MR) is 46.5 cm³/mol. The number of aromatic nitrogens is 3. The average molecular weight is 160 g/mol. The van der Waals surface area contributed by atoms with Gasteiger partial charge in [0, 0.05) is 12.3 Å². The molecule has 0 aliphatic carbocycles. The summed E-state index contributed by atoms with van der Waals surface area (Å²) in [5.74, 6) is 0.473. The summed E-state index contributed by atoms with van der Waals surface area (Å²) < 4.78 is 0. The molecule has 0 radical (unpaired) electrons. The Hall–Kier alpha value is -1.71. The first kappa shape index (κ1) is 6.97. The molecule has 2 aromatic rings. The fourth-order valence-corrected chi connectivity index (χ4v) is 1.02. The molecule has 0 amide bonds. The highest BCUT2D eigenvalue weighted by atomic mass is 14.9. The van der Waals surface area contributed by atoms with Gasteiger partial charge in [0.25, 0.3) is 0 Å². The van der Waals surface area contributed by atoms with Crippen molar-refractivity contribution < 1.29 is 0 Å². The van der Waals surface area contributed by atoms with Crippen LogP contribution in [0.25, 0.3) is 11.0 Å². The minimum absolute atomic E-state index is 0.473. The number of hydrogen-bond acceptors (Lipinski definition) is 4. The quantitative estimate of drug-likeness (QED) is 0.622. The fraction of sp³-hybridized carbons (Fsp3) is 0.125. The van der Waals surface area contributed by atoms with E-state index in [-0.39, 0.29) is 0 Å². The van der Waals surface area contributed by atoms with E-state index in [1.165, 1.54) is 0 Å². The molecule has 0 saturated carbocycles. The molecule has 0 unspecified atom stereocenters. The zero-order chi connectivity index (χ0) is 8.55. The van der Waals surface area contributed by atoms with Crippen LogP contribution in [0.1, 0.15) is 5.69 Å². The molecule has 0 saturated heterocycles. The van der Waals surface area contributed by atoms with E-state index in [1.54, 1.807) is 18.5 Å². The number of aryl methyl sites for hydroxylation is 1. The molecule has 2 rings (SSSR count). The summed E-state index contributed by atoms with van der Waals surface area (Å²) >= 11 is 0. The van der Waals surface area contributed by atoms with Crippen LogP contribution in [0.4, 0.5) is 5.82 Å².